The molecule has 19 heavy (non-hydrogen) atoms. The standard InChI is InChI=1S/C14H18N2O3/c1-14(15,10-6-7-10)13(19)16-11-5-3-2-4-9(11)8-12(17)18/h2-5,10H,6-8,15H2,1H3,(H,16,19)(H,17,18). The van der Waals surface area contributed by atoms with Gasteiger partial charge in [0.2, 0.25) is 5.91 Å². The van der Waals surface area contributed by atoms with Gasteiger partial charge in [-0.25, -0.2) is 0 Å². The third-order valence-corrected chi connectivity index (χ3v) is 3.52. The van der Waals surface area contributed by atoms with E-state index in [1.807, 2.05) is 0 Å². The Bertz CT molecular complexity index is 507. The van der Waals surface area contributed by atoms with Crippen molar-refractivity contribution in [3.63, 3.8) is 0 Å². The lowest BCUT2D eigenvalue weighted by Gasteiger charge is -2.23. The summed E-state index contributed by atoms with van der Waals surface area (Å²) in [4.78, 5) is 23.0. The van der Waals surface area contributed by atoms with E-state index in [0.717, 1.165) is 12.8 Å². The minimum atomic E-state index is -0.931. The first kappa shape index (κ1) is 13.5. The summed E-state index contributed by atoms with van der Waals surface area (Å²) in [5.74, 6) is -0.966. The van der Waals surface area contributed by atoms with Gasteiger partial charge in [-0.3, -0.25) is 9.59 Å². The first-order valence-electron chi connectivity index (χ1n) is 6.31. The summed E-state index contributed by atoms with van der Waals surface area (Å²) in [7, 11) is 0. The van der Waals surface area contributed by atoms with Gasteiger partial charge in [-0.1, -0.05) is 18.2 Å². The third kappa shape index (κ3) is 3.12. The fraction of sp³-hybridized carbons (Fsp3) is 0.429. The number of nitrogens with two attached hydrogens (primary N) is 1. The highest BCUT2D eigenvalue weighted by Gasteiger charge is 2.44. The molecule has 1 fully saturated rings. The van der Waals surface area contributed by atoms with E-state index in [9.17, 15) is 9.59 Å². The molecule has 5 nitrogen and oxygen atoms in total. The summed E-state index contributed by atoms with van der Waals surface area (Å²) in [6.07, 6.45) is 1.82. The molecule has 1 aromatic rings. The molecule has 0 aromatic heterocycles. The summed E-state index contributed by atoms with van der Waals surface area (Å²) < 4.78 is 0. The van der Waals surface area contributed by atoms with E-state index in [4.69, 9.17) is 10.8 Å². The average Bonchev–Trinajstić information content (AvgIpc) is 3.15. The Hall–Kier alpha value is -1.88. The molecule has 0 radical (unpaired) electrons. The minimum Gasteiger partial charge on any atom is -0.481 e. The average molecular weight is 262 g/mol. The molecule has 102 valence electrons. The molecule has 0 spiro atoms. The SMILES string of the molecule is CC(N)(C(=O)Nc1ccccc1CC(=O)O)C1CC1. The number of carbonyl (C=O) groups is 2. The van der Waals surface area contributed by atoms with Crippen LogP contribution in [0.4, 0.5) is 5.69 Å². The Labute approximate surface area is 111 Å². The highest BCUT2D eigenvalue weighted by Crippen LogP contribution is 2.38. The lowest BCUT2D eigenvalue weighted by Crippen LogP contribution is -2.50. The Morgan fingerprint density at radius 2 is 2.05 bits per heavy atom. The molecule has 0 saturated heterocycles. The van der Waals surface area contributed by atoms with Crippen LogP contribution in [0, 0.1) is 5.92 Å². The van der Waals surface area contributed by atoms with Crippen LogP contribution in [0.3, 0.4) is 0 Å². The van der Waals surface area contributed by atoms with Gasteiger partial charge >= 0.3 is 5.97 Å². The van der Waals surface area contributed by atoms with E-state index in [2.05, 4.69) is 5.32 Å². The minimum absolute atomic E-state index is 0.124. The number of rotatable bonds is 5. The van der Waals surface area contributed by atoms with Crippen LogP contribution in [-0.4, -0.2) is 22.5 Å². The normalized spacial score (nSPS) is 17.6. The molecule has 1 aliphatic carbocycles. The molecule has 4 N–H and O–H groups in total. The largest absolute Gasteiger partial charge is 0.481 e. The van der Waals surface area contributed by atoms with Gasteiger partial charge in [0, 0.05) is 5.69 Å². The van der Waals surface area contributed by atoms with Crippen LogP contribution in [0.15, 0.2) is 24.3 Å². The lowest BCUT2D eigenvalue weighted by molar-refractivity contribution is -0.136. The maximum Gasteiger partial charge on any atom is 0.307 e. The quantitative estimate of drug-likeness (QED) is 0.747. The number of hydrogen-bond donors (Lipinski definition) is 3. The Morgan fingerprint density at radius 3 is 2.63 bits per heavy atom. The van der Waals surface area contributed by atoms with Crippen LogP contribution in [0.25, 0.3) is 0 Å². The number of nitrogens with one attached hydrogen (secondary N) is 1. The zero-order valence-electron chi connectivity index (χ0n) is 10.8. The van der Waals surface area contributed by atoms with Gasteiger partial charge in [0.25, 0.3) is 0 Å². The van der Waals surface area contributed by atoms with Crippen molar-refractivity contribution in [1.82, 2.24) is 0 Å². The maximum absolute atomic E-state index is 12.2. The fourth-order valence-electron chi connectivity index (χ4n) is 2.08. The number of carboxylic acids is 1. The number of benzene rings is 1. The fourth-order valence-corrected chi connectivity index (χ4v) is 2.08. The molecule has 2 rings (SSSR count). The van der Waals surface area contributed by atoms with Gasteiger partial charge in [0.05, 0.1) is 12.0 Å². The van der Waals surface area contributed by atoms with Gasteiger partial charge in [0.15, 0.2) is 0 Å². The van der Waals surface area contributed by atoms with Crippen molar-refractivity contribution in [3.8, 4) is 0 Å². The summed E-state index contributed by atoms with van der Waals surface area (Å²) in [6.45, 7) is 1.72. The molecule has 1 unspecified atom stereocenters. The summed E-state index contributed by atoms with van der Waals surface area (Å²) in [5, 5.41) is 11.6. The van der Waals surface area contributed by atoms with Crippen LogP contribution in [-0.2, 0) is 16.0 Å². The molecule has 1 aliphatic rings. The predicted molar refractivity (Wildman–Crippen MR) is 71.7 cm³/mol. The summed E-state index contributed by atoms with van der Waals surface area (Å²) in [5.41, 5.74) is 6.24. The zero-order chi connectivity index (χ0) is 14.0. The summed E-state index contributed by atoms with van der Waals surface area (Å²) >= 11 is 0. The molecule has 1 atom stereocenters. The van der Waals surface area contributed by atoms with Gasteiger partial charge in [-0.15, -0.1) is 0 Å². The highest BCUT2D eigenvalue weighted by atomic mass is 16.4. The Balaban J connectivity index is 2.14. The highest BCUT2D eigenvalue weighted by molar-refractivity contribution is 5.99. The number of anilines is 1. The van der Waals surface area contributed by atoms with Crippen molar-refractivity contribution in [3.05, 3.63) is 29.8 Å². The second kappa shape index (κ2) is 5.01. The lowest BCUT2D eigenvalue weighted by atomic mass is 9.96. The molecule has 0 aliphatic heterocycles. The van der Waals surface area contributed by atoms with Crippen LogP contribution >= 0.6 is 0 Å². The zero-order valence-corrected chi connectivity index (χ0v) is 10.8. The molecule has 5 heteroatoms. The van der Waals surface area contributed by atoms with Crippen molar-refractivity contribution < 1.29 is 14.7 Å². The van der Waals surface area contributed by atoms with Gasteiger partial charge in [-0.05, 0) is 37.3 Å². The molecule has 1 aromatic carbocycles. The topological polar surface area (TPSA) is 92.4 Å². The second-order valence-corrected chi connectivity index (χ2v) is 5.24. The number of para-hydroxylation sites is 1. The van der Waals surface area contributed by atoms with Gasteiger partial charge < -0.3 is 16.2 Å². The molecular weight excluding hydrogens is 244 g/mol. The number of carboxylic acid groups (broad SMARTS) is 1. The molecular formula is C14H18N2O3. The number of carbonyl (C=O) groups excluding carboxylic acids is 1. The van der Waals surface area contributed by atoms with Crippen molar-refractivity contribution in [2.45, 2.75) is 31.7 Å². The van der Waals surface area contributed by atoms with E-state index >= 15 is 0 Å². The maximum atomic E-state index is 12.2. The van der Waals surface area contributed by atoms with E-state index in [-0.39, 0.29) is 18.2 Å². The van der Waals surface area contributed by atoms with Crippen LogP contribution in [0.5, 0.6) is 0 Å². The van der Waals surface area contributed by atoms with Crippen LogP contribution < -0.4 is 11.1 Å². The number of amides is 1. The van der Waals surface area contributed by atoms with Crippen molar-refractivity contribution >= 4 is 17.6 Å². The van der Waals surface area contributed by atoms with Crippen molar-refractivity contribution in [1.29, 1.82) is 0 Å². The Morgan fingerprint density at radius 1 is 1.42 bits per heavy atom. The van der Waals surface area contributed by atoms with Crippen molar-refractivity contribution in [2.24, 2.45) is 11.7 Å². The number of aliphatic carboxylic acids is 1. The molecule has 0 heterocycles. The van der Waals surface area contributed by atoms with Crippen LogP contribution in [0.2, 0.25) is 0 Å². The molecule has 0 bridgehead atoms. The van der Waals surface area contributed by atoms with E-state index in [1.165, 1.54) is 0 Å². The smallest absolute Gasteiger partial charge is 0.307 e. The first-order valence-corrected chi connectivity index (χ1v) is 6.31. The van der Waals surface area contributed by atoms with Gasteiger partial charge in [0.1, 0.15) is 0 Å². The van der Waals surface area contributed by atoms with Gasteiger partial charge in [-0.2, -0.15) is 0 Å². The molecule has 1 saturated carbocycles. The van der Waals surface area contributed by atoms with E-state index < -0.39 is 11.5 Å². The van der Waals surface area contributed by atoms with E-state index in [1.54, 1.807) is 31.2 Å². The monoisotopic (exact) mass is 262 g/mol. The van der Waals surface area contributed by atoms with E-state index in [0.29, 0.717) is 11.3 Å². The summed E-state index contributed by atoms with van der Waals surface area (Å²) in [6, 6.07) is 6.89. The predicted octanol–water partition coefficient (Wildman–Crippen LogP) is 1.38. The second-order valence-electron chi connectivity index (χ2n) is 5.24. The Kier molecular flexibility index (Phi) is 3.57. The van der Waals surface area contributed by atoms with Crippen LogP contribution in [0.1, 0.15) is 25.3 Å². The number of hydrogen-bond acceptors (Lipinski definition) is 3. The van der Waals surface area contributed by atoms with Crippen molar-refractivity contribution in [2.75, 3.05) is 5.32 Å². The molecule has 1 amide bonds. The first-order chi connectivity index (χ1) is 8.91. The third-order valence-electron chi connectivity index (χ3n) is 3.52.